The molecule has 2 saturated heterocycles. The van der Waals surface area contributed by atoms with Crippen LogP contribution >= 0.6 is 0 Å². The van der Waals surface area contributed by atoms with Gasteiger partial charge in [0, 0.05) is 19.0 Å². The van der Waals surface area contributed by atoms with E-state index in [0.29, 0.717) is 6.42 Å². The van der Waals surface area contributed by atoms with Crippen LogP contribution in [-0.2, 0) is 4.79 Å². The molecule has 16 heavy (non-hydrogen) atoms. The number of primary amides is 1. The van der Waals surface area contributed by atoms with Crippen LogP contribution < -0.4 is 11.1 Å². The number of amides is 1. The van der Waals surface area contributed by atoms with Crippen LogP contribution in [0.3, 0.4) is 0 Å². The number of rotatable bonds is 4. The van der Waals surface area contributed by atoms with Gasteiger partial charge >= 0.3 is 0 Å². The second kappa shape index (κ2) is 5.64. The molecule has 0 aliphatic carbocycles. The van der Waals surface area contributed by atoms with E-state index in [2.05, 4.69) is 10.2 Å². The predicted octanol–water partition coefficient (Wildman–Crippen LogP) is 0.326. The molecular formula is C12H23N3O. The Balaban J connectivity index is 1.67. The van der Waals surface area contributed by atoms with Crippen LogP contribution in [0, 0.1) is 5.92 Å². The van der Waals surface area contributed by atoms with Gasteiger partial charge in [0.05, 0.1) is 0 Å². The van der Waals surface area contributed by atoms with E-state index in [1.807, 2.05) is 0 Å². The number of nitrogens with zero attached hydrogens (tertiary/aromatic N) is 1. The van der Waals surface area contributed by atoms with Crippen LogP contribution in [0.4, 0.5) is 0 Å². The van der Waals surface area contributed by atoms with E-state index < -0.39 is 0 Å². The van der Waals surface area contributed by atoms with E-state index in [9.17, 15) is 4.79 Å². The molecule has 0 radical (unpaired) electrons. The minimum atomic E-state index is -0.181. The van der Waals surface area contributed by atoms with E-state index >= 15 is 0 Å². The second-order valence-corrected chi connectivity index (χ2v) is 5.10. The van der Waals surface area contributed by atoms with E-state index in [0.717, 1.165) is 31.6 Å². The van der Waals surface area contributed by atoms with Crippen molar-refractivity contribution in [3.8, 4) is 0 Å². The molecule has 0 saturated carbocycles. The summed E-state index contributed by atoms with van der Waals surface area (Å²) in [6, 6.07) is 0.762. The fourth-order valence-electron chi connectivity index (χ4n) is 2.96. The van der Waals surface area contributed by atoms with Crippen LogP contribution in [0.2, 0.25) is 0 Å². The van der Waals surface area contributed by atoms with Crippen molar-refractivity contribution in [1.82, 2.24) is 10.2 Å². The molecule has 2 aliphatic rings. The molecule has 4 heteroatoms. The molecule has 2 fully saturated rings. The van der Waals surface area contributed by atoms with Gasteiger partial charge in [-0.3, -0.25) is 4.79 Å². The van der Waals surface area contributed by atoms with Gasteiger partial charge in [0.1, 0.15) is 0 Å². The lowest BCUT2D eigenvalue weighted by Gasteiger charge is -2.34. The zero-order chi connectivity index (χ0) is 11.4. The number of likely N-dealkylation sites (tertiary alicyclic amines) is 1. The minimum Gasteiger partial charge on any atom is -0.370 e. The molecule has 0 spiro atoms. The minimum absolute atomic E-state index is 0.181. The van der Waals surface area contributed by atoms with Gasteiger partial charge in [-0.25, -0.2) is 0 Å². The number of hydrogen-bond acceptors (Lipinski definition) is 3. The highest BCUT2D eigenvalue weighted by Crippen LogP contribution is 2.25. The van der Waals surface area contributed by atoms with Crippen molar-refractivity contribution in [3.63, 3.8) is 0 Å². The summed E-state index contributed by atoms with van der Waals surface area (Å²) in [4.78, 5) is 13.1. The lowest BCUT2D eigenvalue weighted by molar-refractivity contribution is -0.118. The Kier molecular flexibility index (Phi) is 4.18. The molecule has 0 bridgehead atoms. The molecule has 1 atom stereocenters. The SMILES string of the molecule is NC(=O)CCN1CCC(C2CCCN2)CC1. The standard InChI is InChI=1S/C12H23N3O/c13-12(16)5-9-15-7-3-10(4-8-15)11-2-1-6-14-11/h10-11,14H,1-9H2,(H2,13,16). The molecular weight excluding hydrogens is 202 g/mol. The third-order valence-corrected chi connectivity index (χ3v) is 3.97. The number of piperidine rings is 1. The lowest BCUT2D eigenvalue weighted by Crippen LogP contribution is -2.41. The molecule has 0 aromatic carbocycles. The summed E-state index contributed by atoms with van der Waals surface area (Å²) in [6.07, 6.45) is 5.75. The molecule has 4 nitrogen and oxygen atoms in total. The maximum absolute atomic E-state index is 10.7. The van der Waals surface area contributed by atoms with Gasteiger partial charge in [-0.1, -0.05) is 0 Å². The van der Waals surface area contributed by atoms with Crippen LogP contribution in [0.15, 0.2) is 0 Å². The Morgan fingerprint density at radius 3 is 2.62 bits per heavy atom. The summed E-state index contributed by atoms with van der Waals surface area (Å²) in [6.45, 7) is 4.32. The first-order valence-corrected chi connectivity index (χ1v) is 6.50. The van der Waals surface area contributed by atoms with E-state index in [1.165, 1.54) is 32.2 Å². The van der Waals surface area contributed by atoms with Gasteiger partial charge in [-0.15, -0.1) is 0 Å². The van der Waals surface area contributed by atoms with Crippen molar-refractivity contribution in [3.05, 3.63) is 0 Å². The van der Waals surface area contributed by atoms with Gasteiger partial charge in [0.15, 0.2) is 0 Å². The van der Waals surface area contributed by atoms with Gasteiger partial charge < -0.3 is 16.0 Å². The fraction of sp³-hybridized carbons (Fsp3) is 0.917. The highest BCUT2D eigenvalue weighted by atomic mass is 16.1. The molecule has 0 aromatic rings. The fourth-order valence-corrected chi connectivity index (χ4v) is 2.96. The van der Waals surface area contributed by atoms with Gasteiger partial charge in [-0.2, -0.15) is 0 Å². The van der Waals surface area contributed by atoms with Crippen molar-refractivity contribution < 1.29 is 4.79 Å². The Hall–Kier alpha value is -0.610. The summed E-state index contributed by atoms with van der Waals surface area (Å²) < 4.78 is 0. The first kappa shape index (κ1) is 11.9. The Morgan fingerprint density at radius 1 is 1.31 bits per heavy atom. The van der Waals surface area contributed by atoms with E-state index in [1.54, 1.807) is 0 Å². The zero-order valence-electron chi connectivity index (χ0n) is 9.95. The Bertz CT molecular complexity index is 230. The quantitative estimate of drug-likeness (QED) is 0.725. The van der Waals surface area contributed by atoms with Crippen molar-refractivity contribution >= 4 is 5.91 Å². The number of carbonyl (C=O) groups excluding carboxylic acids is 1. The average Bonchev–Trinajstić information content (AvgIpc) is 2.80. The molecule has 3 N–H and O–H groups in total. The summed E-state index contributed by atoms with van der Waals surface area (Å²) in [5.74, 6) is 0.673. The van der Waals surface area contributed by atoms with Crippen molar-refractivity contribution in [2.45, 2.75) is 38.1 Å². The predicted molar refractivity (Wildman–Crippen MR) is 64.0 cm³/mol. The monoisotopic (exact) mass is 225 g/mol. The highest BCUT2D eigenvalue weighted by molar-refractivity contribution is 5.73. The van der Waals surface area contributed by atoms with Crippen molar-refractivity contribution in [1.29, 1.82) is 0 Å². The highest BCUT2D eigenvalue weighted by Gasteiger charge is 2.28. The van der Waals surface area contributed by atoms with Gasteiger partial charge in [0.25, 0.3) is 0 Å². The largest absolute Gasteiger partial charge is 0.370 e. The van der Waals surface area contributed by atoms with Crippen LogP contribution in [0.5, 0.6) is 0 Å². The number of nitrogens with two attached hydrogens (primary N) is 1. The van der Waals surface area contributed by atoms with E-state index in [-0.39, 0.29) is 5.91 Å². The number of nitrogens with one attached hydrogen (secondary N) is 1. The Morgan fingerprint density at radius 2 is 2.06 bits per heavy atom. The maximum Gasteiger partial charge on any atom is 0.218 e. The number of carbonyl (C=O) groups is 1. The lowest BCUT2D eigenvalue weighted by atomic mass is 9.88. The first-order valence-electron chi connectivity index (χ1n) is 6.50. The van der Waals surface area contributed by atoms with Crippen LogP contribution in [0.1, 0.15) is 32.1 Å². The normalized spacial score (nSPS) is 28.4. The topological polar surface area (TPSA) is 58.4 Å². The summed E-state index contributed by atoms with van der Waals surface area (Å²) >= 11 is 0. The summed E-state index contributed by atoms with van der Waals surface area (Å²) in [5, 5.41) is 3.60. The smallest absolute Gasteiger partial charge is 0.218 e. The van der Waals surface area contributed by atoms with Gasteiger partial charge in [-0.05, 0) is 51.2 Å². The van der Waals surface area contributed by atoms with Gasteiger partial charge in [0.2, 0.25) is 5.91 Å². The molecule has 2 heterocycles. The third-order valence-electron chi connectivity index (χ3n) is 3.97. The van der Waals surface area contributed by atoms with E-state index in [4.69, 9.17) is 5.73 Å². The number of hydrogen-bond donors (Lipinski definition) is 2. The molecule has 92 valence electrons. The molecule has 2 rings (SSSR count). The second-order valence-electron chi connectivity index (χ2n) is 5.10. The average molecular weight is 225 g/mol. The third kappa shape index (κ3) is 3.19. The van der Waals surface area contributed by atoms with Crippen molar-refractivity contribution in [2.75, 3.05) is 26.2 Å². The summed E-state index contributed by atoms with van der Waals surface area (Å²) in [7, 11) is 0. The molecule has 0 aromatic heterocycles. The first-order chi connectivity index (χ1) is 7.75. The van der Waals surface area contributed by atoms with Crippen LogP contribution in [-0.4, -0.2) is 43.0 Å². The summed E-state index contributed by atoms with van der Waals surface area (Å²) in [5.41, 5.74) is 5.16. The molecule has 2 aliphatic heterocycles. The maximum atomic E-state index is 10.7. The van der Waals surface area contributed by atoms with Crippen LogP contribution in [0.25, 0.3) is 0 Å². The molecule has 1 unspecified atom stereocenters. The van der Waals surface area contributed by atoms with Crippen molar-refractivity contribution in [2.24, 2.45) is 11.7 Å². The zero-order valence-corrected chi connectivity index (χ0v) is 9.95. The Labute approximate surface area is 97.6 Å². The molecule has 1 amide bonds.